The van der Waals surface area contributed by atoms with E-state index in [-0.39, 0.29) is 11.9 Å². The lowest BCUT2D eigenvalue weighted by Crippen LogP contribution is -2.39. The number of nitrogens with zero attached hydrogens (tertiary/aromatic N) is 3. The van der Waals surface area contributed by atoms with Gasteiger partial charge in [-0.15, -0.1) is 0 Å². The van der Waals surface area contributed by atoms with Gasteiger partial charge >= 0.3 is 6.18 Å². The number of carbonyl (C=O) groups is 1. The molecule has 1 aromatic heterocycles. The Balaban J connectivity index is 1.38. The van der Waals surface area contributed by atoms with E-state index in [9.17, 15) is 18.0 Å². The predicted molar refractivity (Wildman–Crippen MR) is 99.8 cm³/mol. The fourth-order valence-corrected chi connectivity index (χ4v) is 4.24. The number of aromatic nitrogens is 1. The number of pyridine rings is 1. The quantitative estimate of drug-likeness (QED) is 0.799. The SMILES string of the molecule is O=C(CCc1ccccc1)N1CCC2CN(c3ccc(C(F)(F)F)cn3)CC21. The number of alkyl halides is 3. The molecular formula is C21H22F3N3O. The first kappa shape index (κ1) is 18.8. The molecule has 4 rings (SSSR count). The summed E-state index contributed by atoms with van der Waals surface area (Å²) in [5, 5.41) is 0. The Morgan fingerprint density at radius 3 is 2.57 bits per heavy atom. The number of amides is 1. The highest BCUT2D eigenvalue weighted by Crippen LogP contribution is 2.35. The fraction of sp³-hybridized carbons (Fsp3) is 0.429. The standard InChI is InChI=1S/C21H22F3N3O/c22-21(23,24)17-7-8-19(25-12-17)26-13-16-10-11-27(18(16)14-26)20(28)9-6-15-4-2-1-3-5-15/h1-5,7-8,12,16,18H,6,9-11,13-14H2. The largest absolute Gasteiger partial charge is 0.417 e. The first-order valence-corrected chi connectivity index (χ1v) is 9.53. The molecule has 7 heteroatoms. The second-order valence-corrected chi connectivity index (χ2v) is 7.50. The summed E-state index contributed by atoms with van der Waals surface area (Å²) in [4.78, 5) is 20.7. The van der Waals surface area contributed by atoms with Crippen LogP contribution in [0.4, 0.5) is 19.0 Å². The molecule has 0 spiro atoms. The maximum absolute atomic E-state index is 12.7. The van der Waals surface area contributed by atoms with Gasteiger partial charge in [-0.1, -0.05) is 30.3 Å². The molecule has 0 saturated carbocycles. The summed E-state index contributed by atoms with van der Waals surface area (Å²) in [7, 11) is 0. The lowest BCUT2D eigenvalue weighted by molar-refractivity contribution is -0.137. The Bertz CT molecular complexity index is 823. The highest BCUT2D eigenvalue weighted by molar-refractivity contribution is 5.77. The van der Waals surface area contributed by atoms with Gasteiger partial charge in [0.1, 0.15) is 5.82 Å². The molecule has 2 aliphatic rings. The van der Waals surface area contributed by atoms with Crippen LogP contribution in [0.2, 0.25) is 0 Å². The van der Waals surface area contributed by atoms with Crippen LogP contribution in [-0.4, -0.2) is 41.5 Å². The molecule has 2 fully saturated rings. The zero-order valence-electron chi connectivity index (χ0n) is 15.4. The molecule has 1 aromatic carbocycles. The molecule has 2 aliphatic heterocycles. The molecular weight excluding hydrogens is 367 g/mol. The van der Waals surface area contributed by atoms with Crippen molar-refractivity contribution >= 4 is 11.7 Å². The fourth-order valence-electron chi connectivity index (χ4n) is 4.24. The van der Waals surface area contributed by atoms with Gasteiger partial charge in [-0.3, -0.25) is 4.79 Å². The minimum absolute atomic E-state index is 0.118. The van der Waals surface area contributed by atoms with E-state index in [1.807, 2.05) is 40.1 Å². The molecule has 2 unspecified atom stereocenters. The summed E-state index contributed by atoms with van der Waals surface area (Å²) in [6.45, 7) is 2.11. The number of rotatable bonds is 4. The average Bonchev–Trinajstić information content (AvgIpc) is 3.27. The molecule has 2 aromatic rings. The Morgan fingerprint density at radius 2 is 1.89 bits per heavy atom. The van der Waals surface area contributed by atoms with Crippen molar-refractivity contribution in [3.05, 3.63) is 59.8 Å². The van der Waals surface area contributed by atoms with Crippen molar-refractivity contribution in [3.63, 3.8) is 0 Å². The zero-order chi connectivity index (χ0) is 19.7. The number of fused-ring (bicyclic) bond motifs is 1. The minimum Gasteiger partial charge on any atom is -0.354 e. The molecule has 3 heterocycles. The van der Waals surface area contributed by atoms with Crippen LogP contribution in [0.15, 0.2) is 48.7 Å². The Hall–Kier alpha value is -2.57. The number of carbonyl (C=O) groups excluding carboxylic acids is 1. The third kappa shape index (κ3) is 3.84. The lowest BCUT2D eigenvalue weighted by Gasteiger charge is -2.25. The normalized spacial score (nSPS) is 21.8. The number of anilines is 1. The monoisotopic (exact) mass is 389 g/mol. The van der Waals surface area contributed by atoms with E-state index >= 15 is 0 Å². The van der Waals surface area contributed by atoms with E-state index in [0.717, 1.165) is 43.8 Å². The van der Waals surface area contributed by atoms with E-state index in [4.69, 9.17) is 0 Å². The number of hydrogen-bond donors (Lipinski definition) is 0. The van der Waals surface area contributed by atoms with E-state index in [0.29, 0.717) is 24.7 Å². The Labute approximate surface area is 162 Å². The maximum Gasteiger partial charge on any atom is 0.417 e. The molecule has 2 atom stereocenters. The van der Waals surface area contributed by atoms with Crippen LogP contribution in [0.3, 0.4) is 0 Å². The summed E-state index contributed by atoms with van der Waals surface area (Å²) in [5.74, 6) is 1.04. The average molecular weight is 389 g/mol. The molecule has 1 amide bonds. The van der Waals surface area contributed by atoms with Crippen LogP contribution in [-0.2, 0) is 17.4 Å². The van der Waals surface area contributed by atoms with Gasteiger partial charge in [0, 0.05) is 38.2 Å². The summed E-state index contributed by atoms with van der Waals surface area (Å²) in [6.07, 6.45) is -1.37. The third-order valence-corrected chi connectivity index (χ3v) is 5.74. The molecule has 0 aliphatic carbocycles. The summed E-state index contributed by atoms with van der Waals surface area (Å²) in [6, 6.07) is 12.5. The van der Waals surface area contributed by atoms with Crippen LogP contribution in [0.25, 0.3) is 0 Å². The maximum atomic E-state index is 12.7. The third-order valence-electron chi connectivity index (χ3n) is 5.74. The Kier molecular flexibility index (Phi) is 5.00. The molecule has 0 radical (unpaired) electrons. The van der Waals surface area contributed by atoms with Gasteiger partial charge < -0.3 is 9.80 Å². The lowest BCUT2D eigenvalue weighted by atomic mass is 10.0. The van der Waals surface area contributed by atoms with Crippen molar-refractivity contribution in [1.82, 2.24) is 9.88 Å². The van der Waals surface area contributed by atoms with E-state index < -0.39 is 11.7 Å². The van der Waals surface area contributed by atoms with Crippen molar-refractivity contribution < 1.29 is 18.0 Å². The highest BCUT2D eigenvalue weighted by atomic mass is 19.4. The van der Waals surface area contributed by atoms with Gasteiger partial charge in [-0.25, -0.2) is 4.98 Å². The summed E-state index contributed by atoms with van der Waals surface area (Å²) in [5.41, 5.74) is 0.405. The molecule has 2 saturated heterocycles. The number of hydrogen-bond acceptors (Lipinski definition) is 3. The molecule has 4 nitrogen and oxygen atoms in total. The molecule has 28 heavy (non-hydrogen) atoms. The van der Waals surface area contributed by atoms with Crippen molar-refractivity contribution in [1.29, 1.82) is 0 Å². The number of halogens is 3. The smallest absolute Gasteiger partial charge is 0.354 e. The van der Waals surface area contributed by atoms with Gasteiger partial charge in [0.15, 0.2) is 0 Å². The molecule has 0 N–H and O–H groups in total. The van der Waals surface area contributed by atoms with Gasteiger partial charge in [0.05, 0.1) is 11.6 Å². The second kappa shape index (κ2) is 7.45. The summed E-state index contributed by atoms with van der Waals surface area (Å²) >= 11 is 0. The van der Waals surface area contributed by atoms with Crippen molar-refractivity contribution in [2.24, 2.45) is 5.92 Å². The van der Waals surface area contributed by atoms with Crippen LogP contribution in [0.5, 0.6) is 0 Å². The van der Waals surface area contributed by atoms with Crippen LogP contribution in [0, 0.1) is 5.92 Å². The molecule has 0 bridgehead atoms. The minimum atomic E-state index is -4.38. The van der Waals surface area contributed by atoms with Gasteiger partial charge in [0.25, 0.3) is 0 Å². The van der Waals surface area contributed by atoms with Crippen LogP contribution < -0.4 is 4.90 Å². The van der Waals surface area contributed by atoms with Crippen LogP contribution >= 0.6 is 0 Å². The second-order valence-electron chi connectivity index (χ2n) is 7.50. The number of aryl methyl sites for hydroxylation is 1. The van der Waals surface area contributed by atoms with Crippen molar-refractivity contribution in [3.8, 4) is 0 Å². The van der Waals surface area contributed by atoms with Gasteiger partial charge in [-0.2, -0.15) is 13.2 Å². The summed E-state index contributed by atoms with van der Waals surface area (Å²) < 4.78 is 38.2. The zero-order valence-corrected chi connectivity index (χ0v) is 15.4. The van der Waals surface area contributed by atoms with Gasteiger partial charge in [0.2, 0.25) is 5.91 Å². The molecule has 148 valence electrons. The number of likely N-dealkylation sites (tertiary alicyclic amines) is 1. The van der Waals surface area contributed by atoms with E-state index in [2.05, 4.69) is 4.98 Å². The Morgan fingerprint density at radius 1 is 1.11 bits per heavy atom. The predicted octanol–water partition coefficient (Wildman–Crippen LogP) is 3.77. The first-order valence-electron chi connectivity index (χ1n) is 9.53. The first-order chi connectivity index (χ1) is 13.4. The van der Waals surface area contributed by atoms with Crippen molar-refractivity contribution in [2.75, 3.05) is 24.5 Å². The topological polar surface area (TPSA) is 36.4 Å². The highest BCUT2D eigenvalue weighted by Gasteiger charge is 2.43. The number of benzene rings is 1. The van der Waals surface area contributed by atoms with E-state index in [1.165, 1.54) is 6.07 Å². The van der Waals surface area contributed by atoms with Gasteiger partial charge in [-0.05, 0) is 30.5 Å². The van der Waals surface area contributed by atoms with E-state index in [1.54, 1.807) is 0 Å². The van der Waals surface area contributed by atoms with Crippen molar-refractivity contribution in [2.45, 2.75) is 31.5 Å². The van der Waals surface area contributed by atoms with Crippen LogP contribution in [0.1, 0.15) is 24.0 Å².